The van der Waals surface area contributed by atoms with Gasteiger partial charge in [0, 0.05) is 5.41 Å². The number of hydrogen-bond donors (Lipinski definition) is 2. The lowest BCUT2D eigenvalue weighted by atomic mass is 9.58. The molecule has 0 bridgehead atoms. The Hall–Kier alpha value is -2.22. The second-order valence-electron chi connectivity index (χ2n) is 6.96. The molecule has 0 amide bonds. The molecular formula is C21H24O2. The lowest BCUT2D eigenvalue weighted by Crippen LogP contribution is -2.36. The molecule has 0 fully saturated rings. The van der Waals surface area contributed by atoms with Crippen molar-refractivity contribution in [2.24, 2.45) is 0 Å². The highest BCUT2D eigenvalue weighted by Gasteiger charge is 2.42. The number of aromatic hydroxyl groups is 2. The van der Waals surface area contributed by atoms with Gasteiger partial charge < -0.3 is 10.2 Å². The maximum absolute atomic E-state index is 9.85. The Morgan fingerprint density at radius 2 is 1.74 bits per heavy atom. The van der Waals surface area contributed by atoms with Crippen molar-refractivity contribution in [3.8, 4) is 11.5 Å². The predicted octanol–water partition coefficient (Wildman–Crippen LogP) is 5.22. The zero-order valence-electron chi connectivity index (χ0n) is 13.8. The summed E-state index contributed by atoms with van der Waals surface area (Å²) in [4.78, 5) is 0. The van der Waals surface area contributed by atoms with Gasteiger partial charge in [0.15, 0.2) is 0 Å². The Morgan fingerprint density at radius 1 is 1.09 bits per heavy atom. The van der Waals surface area contributed by atoms with E-state index in [9.17, 15) is 10.2 Å². The first-order valence-corrected chi connectivity index (χ1v) is 8.19. The number of fused-ring (bicyclic) bond motifs is 1. The zero-order chi connectivity index (χ0) is 16.6. The van der Waals surface area contributed by atoms with Crippen LogP contribution in [0.1, 0.15) is 55.2 Å². The van der Waals surface area contributed by atoms with Gasteiger partial charge in [0.2, 0.25) is 0 Å². The van der Waals surface area contributed by atoms with Gasteiger partial charge in [0.05, 0.1) is 0 Å². The maximum Gasteiger partial charge on any atom is 0.115 e. The van der Waals surface area contributed by atoms with Crippen LogP contribution in [-0.4, -0.2) is 10.2 Å². The molecule has 0 aromatic heterocycles. The SMILES string of the molecule is C=CCC1c2ccc(O)cc2C(C)CC1(C)c1ccc(O)cc1. The molecular weight excluding hydrogens is 284 g/mol. The van der Waals surface area contributed by atoms with Crippen LogP contribution in [0.5, 0.6) is 11.5 Å². The van der Waals surface area contributed by atoms with Gasteiger partial charge in [-0.1, -0.05) is 38.1 Å². The Morgan fingerprint density at radius 3 is 2.39 bits per heavy atom. The number of benzene rings is 2. The first kappa shape index (κ1) is 15.7. The first-order valence-electron chi connectivity index (χ1n) is 8.19. The van der Waals surface area contributed by atoms with E-state index in [0.717, 1.165) is 12.8 Å². The van der Waals surface area contributed by atoms with Gasteiger partial charge in [0.1, 0.15) is 11.5 Å². The van der Waals surface area contributed by atoms with Gasteiger partial charge in [-0.05, 0) is 65.6 Å². The average Bonchev–Trinajstić information content (AvgIpc) is 2.52. The predicted molar refractivity (Wildman–Crippen MR) is 94.2 cm³/mol. The second kappa shape index (κ2) is 5.77. The van der Waals surface area contributed by atoms with Crippen LogP contribution in [0, 0.1) is 0 Å². The van der Waals surface area contributed by atoms with E-state index in [-0.39, 0.29) is 5.41 Å². The third-order valence-corrected chi connectivity index (χ3v) is 5.41. The largest absolute Gasteiger partial charge is 0.508 e. The fourth-order valence-corrected chi connectivity index (χ4v) is 4.25. The van der Waals surface area contributed by atoms with Crippen molar-refractivity contribution in [3.63, 3.8) is 0 Å². The summed E-state index contributed by atoms with van der Waals surface area (Å²) < 4.78 is 0. The summed E-state index contributed by atoms with van der Waals surface area (Å²) in [6, 6.07) is 13.3. The summed E-state index contributed by atoms with van der Waals surface area (Å²) in [6.07, 6.45) is 3.88. The summed E-state index contributed by atoms with van der Waals surface area (Å²) in [7, 11) is 0. The van der Waals surface area contributed by atoms with E-state index in [1.54, 1.807) is 18.2 Å². The van der Waals surface area contributed by atoms with Crippen molar-refractivity contribution < 1.29 is 10.2 Å². The molecule has 2 N–H and O–H groups in total. The van der Waals surface area contributed by atoms with Crippen molar-refractivity contribution in [2.75, 3.05) is 0 Å². The smallest absolute Gasteiger partial charge is 0.115 e. The van der Waals surface area contributed by atoms with E-state index in [2.05, 4.69) is 26.5 Å². The fourth-order valence-electron chi connectivity index (χ4n) is 4.25. The van der Waals surface area contributed by atoms with Crippen LogP contribution in [0.2, 0.25) is 0 Å². The molecule has 0 aliphatic heterocycles. The van der Waals surface area contributed by atoms with Crippen LogP contribution < -0.4 is 0 Å². The standard InChI is InChI=1S/C21H24O2/c1-4-5-20-18-11-10-17(23)12-19(18)14(2)13-21(20,3)15-6-8-16(22)9-7-15/h4,6-12,14,20,22-23H,1,5,13H2,2-3H3. The molecule has 0 spiro atoms. The quantitative estimate of drug-likeness (QED) is 0.763. The molecule has 2 aromatic rings. The van der Waals surface area contributed by atoms with E-state index in [1.807, 2.05) is 24.3 Å². The third-order valence-electron chi connectivity index (χ3n) is 5.41. The number of phenolic OH excluding ortho intramolecular Hbond substituents is 2. The Kier molecular flexibility index (Phi) is 3.93. The number of allylic oxidation sites excluding steroid dienone is 1. The molecule has 0 saturated carbocycles. The Balaban J connectivity index is 2.15. The highest BCUT2D eigenvalue weighted by atomic mass is 16.3. The molecule has 1 aliphatic rings. The van der Waals surface area contributed by atoms with Gasteiger partial charge in [-0.25, -0.2) is 0 Å². The minimum absolute atomic E-state index is 0.0225. The fraction of sp³-hybridized carbons (Fsp3) is 0.333. The molecule has 0 radical (unpaired) electrons. The molecule has 2 nitrogen and oxygen atoms in total. The van der Waals surface area contributed by atoms with Crippen LogP contribution >= 0.6 is 0 Å². The molecule has 0 heterocycles. The van der Waals surface area contributed by atoms with E-state index in [1.165, 1.54) is 16.7 Å². The third kappa shape index (κ3) is 2.63. The number of rotatable bonds is 3. The molecule has 2 aromatic carbocycles. The van der Waals surface area contributed by atoms with Crippen molar-refractivity contribution >= 4 is 0 Å². The zero-order valence-corrected chi connectivity index (χ0v) is 13.8. The highest BCUT2D eigenvalue weighted by molar-refractivity contribution is 5.47. The number of hydrogen-bond acceptors (Lipinski definition) is 2. The van der Waals surface area contributed by atoms with E-state index < -0.39 is 0 Å². The summed E-state index contributed by atoms with van der Waals surface area (Å²) in [5.74, 6) is 1.32. The minimum atomic E-state index is -0.0225. The number of phenols is 2. The van der Waals surface area contributed by atoms with Crippen molar-refractivity contribution in [1.29, 1.82) is 0 Å². The second-order valence-corrected chi connectivity index (χ2v) is 6.96. The van der Waals surface area contributed by atoms with E-state index >= 15 is 0 Å². The molecule has 1 aliphatic carbocycles. The molecule has 3 atom stereocenters. The van der Waals surface area contributed by atoms with Crippen LogP contribution in [0.4, 0.5) is 0 Å². The van der Waals surface area contributed by atoms with Gasteiger partial charge in [0.25, 0.3) is 0 Å². The van der Waals surface area contributed by atoms with Crippen LogP contribution in [0.3, 0.4) is 0 Å². The monoisotopic (exact) mass is 308 g/mol. The van der Waals surface area contributed by atoms with Crippen LogP contribution in [0.15, 0.2) is 55.1 Å². The lowest BCUT2D eigenvalue weighted by molar-refractivity contribution is 0.301. The average molecular weight is 308 g/mol. The van der Waals surface area contributed by atoms with Gasteiger partial charge >= 0.3 is 0 Å². The van der Waals surface area contributed by atoms with Crippen LogP contribution in [0.25, 0.3) is 0 Å². The van der Waals surface area contributed by atoms with Crippen molar-refractivity contribution in [1.82, 2.24) is 0 Å². The Labute approximate surface area is 138 Å². The van der Waals surface area contributed by atoms with Gasteiger partial charge in [-0.15, -0.1) is 6.58 Å². The normalized spacial score (nSPS) is 26.5. The molecule has 3 unspecified atom stereocenters. The topological polar surface area (TPSA) is 40.5 Å². The summed E-state index contributed by atoms with van der Waals surface area (Å²) >= 11 is 0. The molecule has 2 heteroatoms. The summed E-state index contributed by atoms with van der Waals surface area (Å²) in [5.41, 5.74) is 3.77. The molecule has 120 valence electrons. The van der Waals surface area contributed by atoms with E-state index in [0.29, 0.717) is 23.3 Å². The summed E-state index contributed by atoms with van der Waals surface area (Å²) in [5, 5.41) is 19.5. The minimum Gasteiger partial charge on any atom is -0.508 e. The van der Waals surface area contributed by atoms with Gasteiger partial charge in [-0.2, -0.15) is 0 Å². The molecule has 23 heavy (non-hydrogen) atoms. The Bertz CT molecular complexity index is 717. The molecule has 0 saturated heterocycles. The van der Waals surface area contributed by atoms with Gasteiger partial charge in [-0.3, -0.25) is 0 Å². The van der Waals surface area contributed by atoms with Crippen LogP contribution in [-0.2, 0) is 5.41 Å². The summed E-state index contributed by atoms with van der Waals surface area (Å²) in [6.45, 7) is 8.48. The van der Waals surface area contributed by atoms with E-state index in [4.69, 9.17) is 0 Å². The van der Waals surface area contributed by atoms with Crippen molar-refractivity contribution in [2.45, 2.75) is 43.9 Å². The lowest BCUT2D eigenvalue weighted by Gasteiger charge is -2.46. The highest BCUT2D eigenvalue weighted by Crippen LogP contribution is 2.53. The maximum atomic E-state index is 9.85. The van der Waals surface area contributed by atoms with Crippen molar-refractivity contribution in [3.05, 3.63) is 71.8 Å². The first-order chi connectivity index (χ1) is 11.0. The molecule has 3 rings (SSSR count).